The van der Waals surface area contributed by atoms with Gasteiger partial charge in [0.1, 0.15) is 0 Å². The Morgan fingerprint density at radius 2 is 1.66 bits per heavy atom. The van der Waals surface area contributed by atoms with Gasteiger partial charge in [0.05, 0.1) is 18.5 Å². The molecule has 0 aromatic heterocycles. The Morgan fingerprint density at radius 3 is 2.28 bits per heavy atom. The maximum absolute atomic E-state index is 11.4. The van der Waals surface area contributed by atoms with Crippen LogP contribution in [0.25, 0.3) is 0 Å². The van der Waals surface area contributed by atoms with Crippen LogP contribution in [-0.2, 0) is 14.3 Å². The highest BCUT2D eigenvalue weighted by atomic mass is 32.2. The van der Waals surface area contributed by atoms with Crippen molar-refractivity contribution in [2.75, 3.05) is 26.1 Å². The summed E-state index contributed by atoms with van der Waals surface area (Å²) in [5.41, 5.74) is 3.75. The fourth-order valence-corrected chi connectivity index (χ4v) is 5.50. The number of ether oxygens (including phenoxy) is 3. The Labute approximate surface area is 193 Å². The number of carbonyl (C=O) groups excluding carboxylic acids is 1. The van der Waals surface area contributed by atoms with Gasteiger partial charge in [0.15, 0.2) is 18.1 Å². The number of carbonyl (C=O) groups is 1. The van der Waals surface area contributed by atoms with E-state index in [2.05, 4.69) is 78.4 Å². The SMILES string of the molecule is COC(=O)COc1cccc2c1OCC2CCSC(C)(c1ccccc1)c1ccccc1. The number of esters is 1. The molecule has 0 aliphatic carbocycles. The first-order valence-electron chi connectivity index (χ1n) is 10.8. The molecule has 4 rings (SSSR count). The maximum Gasteiger partial charge on any atom is 0.343 e. The lowest BCUT2D eigenvalue weighted by molar-refractivity contribution is -0.142. The summed E-state index contributed by atoms with van der Waals surface area (Å²) in [7, 11) is 1.35. The zero-order chi connectivity index (χ0) is 22.4. The van der Waals surface area contributed by atoms with Crippen molar-refractivity contribution in [2.45, 2.75) is 24.0 Å². The molecule has 0 saturated carbocycles. The van der Waals surface area contributed by atoms with Crippen LogP contribution < -0.4 is 9.47 Å². The largest absolute Gasteiger partial charge is 0.489 e. The molecule has 5 heteroatoms. The number of benzene rings is 3. The standard InChI is InChI=1S/C27H28O4S/c1-27(21-10-5-3-6-11-21,22-12-7-4-8-13-22)32-17-16-20-18-31-26-23(20)14-9-15-24(26)30-19-25(28)29-2/h3-15,20H,16-19H2,1-2H3. The number of hydrogen-bond acceptors (Lipinski definition) is 5. The summed E-state index contributed by atoms with van der Waals surface area (Å²) in [6.45, 7) is 2.81. The van der Waals surface area contributed by atoms with Crippen molar-refractivity contribution in [1.29, 1.82) is 0 Å². The number of thioether (sulfide) groups is 1. The highest BCUT2D eigenvalue weighted by Gasteiger charge is 2.31. The first-order chi connectivity index (χ1) is 15.6. The van der Waals surface area contributed by atoms with Gasteiger partial charge in [0, 0.05) is 11.5 Å². The van der Waals surface area contributed by atoms with E-state index in [9.17, 15) is 4.79 Å². The predicted molar refractivity (Wildman–Crippen MR) is 129 cm³/mol. The van der Waals surface area contributed by atoms with E-state index in [-0.39, 0.29) is 11.4 Å². The van der Waals surface area contributed by atoms with E-state index in [4.69, 9.17) is 9.47 Å². The number of hydrogen-bond donors (Lipinski definition) is 0. The van der Waals surface area contributed by atoms with Crippen molar-refractivity contribution in [1.82, 2.24) is 0 Å². The van der Waals surface area contributed by atoms with E-state index in [1.165, 1.54) is 18.2 Å². The molecule has 3 aromatic rings. The topological polar surface area (TPSA) is 44.8 Å². The van der Waals surface area contributed by atoms with Crippen LogP contribution in [-0.4, -0.2) is 32.0 Å². The third-order valence-electron chi connectivity index (χ3n) is 5.96. The van der Waals surface area contributed by atoms with E-state index in [1.54, 1.807) is 0 Å². The lowest BCUT2D eigenvalue weighted by Crippen LogP contribution is -2.20. The molecule has 1 atom stereocenters. The minimum absolute atomic E-state index is 0.122. The van der Waals surface area contributed by atoms with Crippen molar-refractivity contribution < 1.29 is 19.0 Å². The van der Waals surface area contributed by atoms with Crippen molar-refractivity contribution >= 4 is 17.7 Å². The van der Waals surface area contributed by atoms with E-state index >= 15 is 0 Å². The molecule has 1 aliphatic rings. The second kappa shape index (κ2) is 10.1. The molecule has 3 aromatic carbocycles. The minimum atomic E-state index is -0.408. The average Bonchev–Trinajstić information content (AvgIpc) is 3.27. The quantitative estimate of drug-likeness (QED) is 0.387. The van der Waals surface area contributed by atoms with Crippen molar-refractivity contribution in [3.8, 4) is 11.5 Å². The Balaban J connectivity index is 1.46. The van der Waals surface area contributed by atoms with E-state index in [0.717, 1.165) is 23.5 Å². The zero-order valence-corrected chi connectivity index (χ0v) is 19.3. The van der Waals surface area contributed by atoms with Gasteiger partial charge >= 0.3 is 5.97 Å². The Hall–Kier alpha value is -2.92. The second-order valence-electron chi connectivity index (χ2n) is 7.95. The van der Waals surface area contributed by atoms with Crippen molar-refractivity contribution in [3.05, 3.63) is 95.6 Å². The summed E-state index contributed by atoms with van der Waals surface area (Å²) in [4.78, 5) is 11.4. The van der Waals surface area contributed by atoms with E-state index in [1.807, 2.05) is 23.9 Å². The van der Waals surface area contributed by atoms with Crippen LogP contribution in [0.2, 0.25) is 0 Å². The molecule has 0 radical (unpaired) electrons. The molecule has 0 spiro atoms. The van der Waals surface area contributed by atoms with Gasteiger partial charge in [-0.05, 0) is 36.3 Å². The Kier molecular flexibility index (Phi) is 7.05. The predicted octanol–water partition coefficient (Wildman–Crippen LogP) is 5.80. The molecule has 1 heterocycles. The summed E-state index contributed by atoms with van der Waals surface area (Å²) in [5, 5.41) is 0. The fraction of sp³-hybridized carbons (Fsp3) is 0.296. The first-order valence-corrected chi connectivity index (χ1v) is 11.8. The normalized spacial score (nSPS) is 15.0. The maximum atomic E-state index is 11.4. The van der Waals surface area contributed by atoms with Gasteiger partial charge in [0.25, 0.3) is 0 Å². The van der Waals surface area contributed by atoms with Crippen LogP contribution in [0.5, 0.6) is 11.5 Å². The molecule has 1 aliphatic heterocycles. The van der Waals surface area contributed by atoms with Crippen molar-refractivity contribution in [2.24, 2.45) is 0 Å². The van der Waals surface area contributed by atoms with Crippen molar-refractivity contribution in [3.63, 3.8) is 0 Å². The molecule has 1 unspecified atom stereocenters. The van der Waals surface area contributed by atoms with Crippen LogP contribution in [0.15, 0.2) is 78.9 Å². The summed E-state index contributed by atoms with van der Waals surface area (Å²) in [5.74, 6) is 2.23. The molecule has 166 valence electrons. The number of rotatable bonds is 9. The molecule has 32 heavy (non-hydrogen) atoms. The zero-order valence-electron chi connectivity index (χ0n) is 18.5. The Bertz CT molecular complexity index is 997. The third-order valence-corrected chi connectivity index (χ3v) is 7.45. The second-order valence-corrected chi connectivity index (χ2v) is 9.46. The van der Waals surface area contributed by atoms with Crippen LogP contribution in [0.1, 0.15) is 36.0 Å². The van der Waals surface area contributed by atoms with Gasteiger partial charge in [-0.15, -0.1) is 11.8 Å². The number of methoxy groups -OCH3 is 1. The highest BCUT2D eigenvalue weighted by Crippen LogP contribution is 2.46. The lowest BCUT2D eigenvalue weighted by Gasteiger charge is -2.31. The fourth-order valence-electron chi connectivity index (χ4n) is 4.08. The van der Waals surface area contributed by atoms with Gasteiger partial charge in [-0.25, -0.2) is 4.79 Å². The molecular weight excluding hydrogens is 420 g/mol. The highest BCUT2D eigenvalue weighted by molar-refractivity contribution is 8.00. The monoisotopic (exact) mass is 448 g/mol. The molecule has 0 bridgehead atoms. The van der Waals surface area contributed by atoms with Gasteiger partial charge < -0.3 is 14.2 Å². The minimum Gasteiger partial charge on any atom is -0.489 e. The van der Waals surface area contributed by atoms with Crippen LogP contribution in [0, 0.1) is 0 Å². The summed E-state index contributed by atoms with van der Waals surface area (Å²) in [6.07, 6.45) is 0.993. The molecular formula is C27H28O4S. The molecule has 4 nitrogen and oxygen atoms in total. The molecule has 0 amide bonds. The smallest absolute Gasteiger partial charge is 0.343 e. The van der Waals surface area contributed by atoms with Gasteiger partial charge in [-0.2, -0.15) is 0 Å². The third kappa shape index (κ3) is 4.78. The summed E-state index contributed by atoms with van der Waals surface area (Å²) < 4.78 is 16.1. The Morgan fingerprint density at radius 1 is 1.00 bits per heavy atom. The number of fused-ring (bicyclic) bond motifs is 1. The molecule has 0 saturated heterocycles. The van der Waals surface area contributed by atoms with Gasteiger partial charge in [-0.1, -0.05) is 72.8 Å². The van der Waals surface area contributed by atoms with E-state index < -0.39 is 5.97 Å². The molecule has 0 fully saturated rings. The molecule has 0 N–H and O–H groups in total. The van der Waals surface area contributed by atoms with Crippen LogP contribution in [0.3, 0.4) is 0 Å². The summed E-state index contributed by atoms with van der Waals surface area (Å²) in [6, 6.07) is 27.3. The van der Waals surface area contributed by atoms with Crippen LogP contribution >= 0.6 is 11.8 Å². The van der Waals surface area contributed by atoms with Gasteiger partial charge in [-0.3, -0.25) is 0 Å². The summed E-state index contributed by atoms with van der Waals surface area (Å²) >= 11 is 1.96. The van der Waals surface area contributed by atoms with E-state index in [0.29, 0.717) is 18.3 Å². The lowest BCUT2D eigenvalue weighted by atomic mass is 9.92. The average molecular weight is 449 g/mol. The van der Waals surface area contributed by atoms with Crippen LogP contribution in [0.4, 0.5) is 0 Å². The van der Waals surface area contributed by atoms with Gasteiger partial charge in [0.2, 0.25) is 0 Å². The first kappa shape index (κ1) is 22.3. The number of para-hydroxylation sites is 1.